The summed E-state index contributed by atoms with van der Waals surface area (Å²) in [6.07, 6.45) is 2.73. The monoisotopic (exact) mass is 226 g/mol. The van der Waals surface area contributed by atoms with Gasteiger partial charge >= 0.3 is 0 Å². The number of nitrogens with one attached hydrogen (secondary N) is 1. The van der Waals surface area contributed by atoms with Crippen LogP contribution in [0.2, 0.25) is 0 Å². The van der Waals surface area contributed by atoms with Gasteiger partial charge in [-0.3, -0.25) is 4.90 Å². The second-order valence-corrected chi connectivity index (χ2v) is 5.97. The van der Waals surface area contributed by atoms with Crippen molar-refractivity contribution in [2.75, 3.05) is 39.9 Å². The molecule has 2 fully saturated rings. The van der Waals surface area contributed by atoms with E-state index in [1.807, 2.05) is 0 Å². The molecule has 0 aromatic heterocycles. The van der Waals surface area contributed by atoms with Crippen LogP contribution in [0.5, 0.6) is 0 Å². The fourth-order valence-corrected chi connectivity index (χ4v) is 3.46. The minimum atomic E-state index is 0.464. The van der Waals surface area contributed by atoms with Crippen molar-refractivity contribution < 1.29 is 4.74 Å². The van der Waals surface area contributed by atoms with Crippen molar-refractivity contribution in [3.05, 3.63) is 0 Å². The molecule has 1 saturated heterocycles. The van der Waals surface area contributed by atoms with Crippen molar-refractivity contribution >= 4 is 0 Å². The summed E-state index contributed by atoms with van der Waals surface area (Å²) in [4.78, 5) is 2.57. The van der Waals surface area contributed by atoms with Crippen molar-refractivity contribution in [2.24, 2.45) is 11.3 Å². The Balaban J connectivity index is 1.89. The van der Waals surface area contributed by atoms with Crippen LogP contribution in [0.25, 0.3) is 0 Å². The van der Waals surface area contributed by atoms with Gasteiger partial charge in [0.2, 0.25) is 0 Å². The van der Waals surface area contributed by atoms with E-state index < -0.39 is 0 Å². The van der Waals surface area contributed by atoms with Crippen LogP contribution in [-0.4, -0.2) is 50.8 Å². The fourth-order valence-electron chi connectivity index (χ4n) is 3.46. The molecule has 1 saturated carbocycles. The zero-order chi connectivity index (χ0) is 11.6. The first-order valence-electron chi connectivity index (χ1n) is 6.61. The van der Waals surface area contributed by atoms with Gasteiger partial charge in [-0.15, -0.1) is 0 Å². The standard InChI is InChI=1S/C13H26N2O/c1-13(2)5-4-11(12(13)14-3)10-15-6-8-16-9-7-15/h11-12,14H,4-10H2,1-3H3. The second kappa shape index (κ2) is 5.03. The Hall–Kier alpha value is -0.120. The average Bonchev–Trinajstić information content (AvgIpc) is 2.55. The lowest BCUT2D eigenvalue weighted by molar-refractivity contribution is 0.0279. The molecule has 0 aromatic carbocycles. The minimum absolute atomic E-state index is 0.464. The van der Waals surface area contributed by atoms with Gasteiger partial charge in [-0.1, -0.05) is 13.8 Å². The molecule has 0 amide bonds. The van der Waals surface area contributed by atoms with Gasteiger partial charge in [0.1, 0.15) is 0 Å². The number of morpholine rings is 1. The Labute approximate surface area is 99.5 Å². The normalized spacial score (nSPS) is 35.4. The van der Waals surface area contributed by atoms with Gasteiger partial charge < -0.3 is 10.1 Å². The zero-order valence-electron chi connectivity index (χ0n) is 11.0. The predicted octanol–water partition coefficient (Wildman–Crippen LogP) is 1.34. The van der Waals surface area contributed by atoms with E-state index in [4.69, 9.17) is 4.74 Å². The van der Waals surface area contributed by atoms with Crippen LogP contribution in [0.3, 0.4) is 0 Å². The van der Waals surface area contributed by atoms with Crippen LogP contribution in [0, 0.1) is 11.3 Å². The highest BCUT2D eigenvalue weighted by molar-refractivity contribution is 4.96. The average molecular weight is 226 g/mol. The summed E-state index contributed by atoms with van der Waals surface area (Å²) < 4.78 is 5.40. The van der Waals surface area contributed by atoms with Crippen LogP contribution in [-0.2, 0) is 4.74 Å². The summed E-state index contributed by atoms with van der Waals surface area (Å²) in [6.45, 7) is 10.1. The molecule has 3 heteroatoms. The molecule has 1 aliphatic heterocycles. The first kappa shape index (κ1) is 12.3. The van der Waals surface area contributed by atoms with E-state index in [1.165, 1.54) is 19.4 Å². The molecule has 0 bridgehead atoms. The van der Waals surface area contributed by atoms with Crippen LogP contribution in [0.1, 0.15) is 26.7 Å². The highest BCUT2D eigenvalue weighted by Crippen LogP contribution is 2.41. The summed E-state index contributed by atoms with van der Waals surface area (Å²) in [7, 11) is 2.12. The van der Waals surface area contributed by atoms with Crippen molar-refractivity contribution in [3.8, 4) is 0 Å². The summed E-state index contributed by atoms with van der Waals surface area (Å²) in [5, 5.41) is 3.54. The molecule has 0 radical (unpaired) electrons. The number of nitrogens with zero attached hydrogens (tertiary/aromatic N) is 1. The third-order valence-electron chi connectivity index (χ3n) is 4.38. The molecule has 1 heterocycles. The van der Waals surface area contributed by atoms with Gasteiger partial charge in [0.05, 0.1) is 13.2 Å². The van der Waals surface area contributed by atoms with Gasteiger partial charge in [0, 0.05) is 25.7 Å². The van der Waals surface area contributed by atoms with E-state index in [2.05, 4.69) is 31.1 Å². The van der Waals surface area contributed by atoms with Crippen molar-refractivity contribution in [1.82, 2.24) is 10.2 Å². The van der Waals surface area contributed by atoms with Gasteiger partial charge in [-0.05, 0) is 31.2 Å². The van der Waals surface area contributed by atoms with E-state index in [9.17, 15) is 0 Å². The van der Waals surface area contributed by atoms with Gasteiger partial charge in [-0.2, -0.15) is 0 Å². The largest absolute Gasteiger partial charge is 0.379 e. The van der Waals surface area contributed by atoms with Crippen LogP contribution in [0.15, 0.2) is 0 Å². The number of hydrogen-bond donors (Lipinski definition) is 1. The van der Waals surface area contributed by atoms with E-state index in [0.717, 1.165) is 32.2 Å². The van der Waals surface area contributed by atoms with Gasteiger partial charge in [0.25, 0.3) is 0 Å². The van der Waals surface area contributed by atoms with Crippen molar-refractivity contribution in [3.63, 3.8) is 0 Å². The summed E-state index contributed by atoms with van der Waals surface area (Å²) in [5.41, 5.74) is 0.464. The number of ether oxygens (including phenoxy) is 1. The quantitative estimate of drug-likeness (QED) is 0.786. The maximum Gasteiger partial charge on any atom is 0.0594 e. The molecule has 3 nitrogen and oxygen atoms in total. The first-order valence-corrected chi connectivity index (χ1v) is 6.61. The number of rotatable bonds is 3. The van der Waals surface area contributed by atoms with E-state index >= 15 is 0 Å². The lowest BCUT2D eigenvalue weighted by Crippen LogP contribution is -2.46. The lowest BCUT2D eigenvalue weighted by atomic mass is 9.85. The molecule has 1 N–H and O–H groups in total. The molecular formula is C13H26N2O. The fraction of sp³-hybridized carbons (Fsp3) is 1.00. The molecule has 1 aliphatic carbocycles. The Morgan fingerprint density at radius 1 is 1.31 bits per heavy atom. The van der Waals surface area contributed by atoms with Crippen LogP contribution < -0.4 is 5.32 Å². The smallest absolute Gasteiger partial charge is 0.0594 e. The second-order valence-electron chi connectivity index (χ2n) is 5.97. The van der Waals surface area contributed by atoms with Gasteiger partial charge in [0.15, 0.2) is 0 Å². The highest BCUT2D eigenvalue weighted by atomic mass is 16.5. The Bertz CT molecular complexity index is 224. The molecule has 94 valence electrons. The third kappa shape index (κ3) is 2.58. The van der Waals surface area contributed by atoms with E-state index in [0.29, 0.717) is 11.5 Å². The Morgan fingerprint density at radius 3 is 2.62 bits per heavy atom. The molecule has 0 aromatic rings. The minimum Gasteiger partial charge on any atom is -0.379 e. The molecule has 2 aliphatic rings. The van der Waals surface area contributed by atoms with Crippen molar-refractivity contribution in [1.29, 1.82) is 0 Å². The van der Waals surface area contributed by atoms with Crippen LogP contribution >= 0.6 is 0 Å². The van der Waals surface area contributed by atoms with Crippen LogP contribution in [0.4, 0.5) is 0 Å². The first-order chi connectivity index (χ1) is 7.63. The molecule has 2 unspecified atom stereocenters. The van der Waals surface area contributed by atoms with Crippen molar-refractivity contribution in [2.45, 2.75) is 32.7 Å². The maximum absolute atomic E-state index is 5.40. The number of hydrogen-bond acceptors (Lipinski definition) is 3. The SMILES string of the molecule is CNC1C(CN2CCOCC2)CCC1(C)C. The topological polar surface area (TPSA) is 24.5 Å². The molecule has 2 rings (SSSR count). The highest BCUT2D eigenvalue weighted by Gasteiger charge is 2.41. The summed E-state index contributed by atoms with van der Waals surface area (Å²) in [6, 6.07) is 0.676. The molecule has 2 atom stereocenters. The molecule has 16 heavy (non-hydrogen) atoms. The van der Waals surface area contributed by atoms with Gasteiger partial charge in [-0.25, -0.2) is 0 Å². The lowest BCUT2D eigenvalue weighted by Gasteiger charge is -2.34. The Kier molecular flexibility index (Phi) is 3.88. The Morgan fingerprint density at radius 2 is 2.00 bits per heavy atom. The summed E-state index contributed by atoms with van der Waals surface area (Å²) >= 11 is 0. The molecule has 0 spiro atoms. The third-order valence-corrected chi connectivity index (χ3v) is 4.38. The van der Waals surface area contributed by atoms with E-state index in [1.54, 1.807) is 0 Å². The zero-order valence-corrected chi connectivity index (χ0v) is 11.0. The predicted molar refractivity (Wildman–Crippen MR) is 66.6 cm³/mol. The maximum atomic E-state index is 5.40. The molecular weight excluding hydrogens is 200 g/mol. The van der Waals surface area contributed by atoms with E-state index in [-0.39, 0.29) is 0 Å². The summed E-state index contributed by atoms with van der Waals surface area (Å²) in [5.74, 6) is 0.818.